The summed E-state index contributed by atoms with van der Waals surface area (Å²) in [5.74, 6) is 2.66. The molecular formula is C12H25NO2S. The fraction of sp³-hybridized carbons (Fsp3) is 1.00. The largest absolute Gasteiger partial charge is 0.381 e. The van der Waals surface area contributed by atoms with Crippen LogP contribution < -0.4 is 5.32 Å². The second kappa shape index (κ2) is 7.41. The highest BCUT2D eigenvalue weighted by Gasteiger charge is 2.26. The van der Waals surface area contributed by atoms with E-state index in [9.17, 15) is 4.21 Å². The van der Waals surface area contributed by atoms with E-state index in [2.05, 4.69) is 26.1 Å². The van der Waals surface area contributed by atoms with Crippen LogP contribution in [0.3, 0.4) is 0 Å². The summed E-state index contributed by atoms with van der Waals surface area (Å²) in [6, 6.07) is 0.368. The summed E-state index contributed by atoms with van der Waals surface area (Å²) in [6.45, 7) is 8.99. The van der Waals surface area contributed by atoms with Crippen molar-refractivity contribution >= 4 is 10.8 Å². The van der Waals surface area contributed by atoms with Gasteiger partial charge in [0.05, 0.1) is 6.61 Å². The molecule has 4 heteroatoms. The van der Waals surface area contributed by atoms with Crippen LogP contribution in [-0.2, 0) is 15.5 Å². The maximum absolute atomic E-state index is 11.9. The Morgan fingerprint density at radius 3 is 2.69 bits per heavy atom. The monoisotopic (exact) mass is 247 g/mol. The van der Waals surface area contributed by atoms with Gasteiger partial charge in [-0.2, -0.15) is 0 Å². The second-order valence-electron chi connectivity index (χ2n) is 4.95. The number of hydrogen-bond donors (Lipinski definition) is 1. The molecule has 0 aromatic heterocycles. The van der Waals surface area contributed by atoms with Crippen LogP contribution >= 0.6 is 0 Å². The molecule has 0 aromatic carbocycles. The Hall–Kier alpha value is 0.0700. The van der Waals surface area contributed by atoms with E-state index in [1.54, 1.807) is 0 Å². The van der Waals surface area contributed by atoms with Gasteiger partial charge in [0.25, 0.3) is 0 Å². The third-order valence-corrected chi connectivity index (χ3v) is 4.65. The molecule has 0 spiro atoms. The first-order valence-electron chi connectivity index (χ1n) is 6.29. The molecule has 0 radical (unpaired) electrons. The van der Waals surface area contributed by atoms with Gasteiger partial charge in [0.15, 0.2) is 0 Å². The molecule has 0 aliphatic carbocycles. The van der Waals surface area contributed by atoms with E-state index in [0.717, 1.165) is 37.7 Å². The van der Waals surface area contributed by atoms with Crippen molar-refractivity contribution in [1.82, 2.24) is 5.32 Å². The maximum Gasteiger partial charge on any atom is 0.0510 e. The van der Waals surface area contributed by atoms with Crippen molar-refractivity contribution in [2.75, 3.05) is 31.3 Å². The molecule has 16 heavy (non-hydrogen) atoms. The van der Waals surface area contributed by atoms with Crippen LogP contribution in [0.1, 0.15) is 27.2 Å². The summed E-state index contributed by atoms with van der Waals surface area (Å²) in [4.78, 5) is 0. The summed E-state index contributed by atoms with van der Waals surface area (Å²) < 4.78 is 17.3. The number of rotatable bonds is 7. The van der Waals surface area contributed by atoms with Crippen LogP contribution in [0.5, 0.6) is 0 Å². The molecule has 3 nitrogen and oxygen atoms in total. The molecule has 1 heterocycles. The Labute approximate surface area is 102 Å². The zero-order valence-corrected chi connectivity index (χ0v) is 11.5. The van der Waals surface area contributed by atoms with Gasteiger partial charge in [0, 0.05) is 40.9 Å². The molecule has 1 aliphatic rings. The van der Waals surface area contributed by atoms with Crippen molar-refractivity contribution in [2.24, 2.45) is 11.8 Å². The van der Waals surface area contributed by atoms with Gasteiger partial charge in [-0.15, -0.1) is 0 Å². The lowest BCUT2D eigenvalue weighted by Gasteiger charge is -2.23. The van der Waals surface area contributed by atoms with Gasteiger partial charge in [-0.1, -0.05) is 20.8 Å². The van der Waals surface area contributed by atoms with Crippen molar-refractivity contribution < 1.29 is 8.95 Å². The first kappa shape index (κ1) is 14.1. The van der Waals surface area contributed by atoms with Crippen LogP contribution in [0.15, 0.2) is 0 Å². The molecule has 1 N–H and O–H groups in total. The maximum atomic E-state index is 11.9. The fourth-order valence-electron chi connectivity index (χ4n) is 2.13. The predicted octanol–water partition coefficient (Wildman–Crippen LogP) is 1.41. The summed E-state index contributed by atoms with van der Waals surface area (Å²) in [7, 11) is -0.696. The first-order chi connectivity index (χ1) is 7.63. The van der Waals surface area contributed by atoms with Crippen molar-refractivity contribution in [2.45, 2.75) is 33.2 Å². The average Bonchev–Trinajstić information content (AvgIpc) is 2.68. The van der Waals surface area contributed by atoms with E-state index in [-0.39, 0.29) is 0 Å². The number of hydrogen-bond acceptors (Lipinski definition) is 3. The normalized spacial score (nSPS) is 24.9. The SMILES string of the molecule is CCNC(CS(=O)CC(C)C)C1CCOC1. The van der Waals surface area contributed by atoms with E-state index >= 15 is 0 Å². The van der Waals surface area contributed by atoms with Crippen molar-refractivity contribution in [1.29, 1.82) is 0 Å². The predicted molar refractivity (Wildman–Crippen MR) is 69.1 cm³/mol. The van der Waals surface area contributed by atoms with E-state index in [1.165, 1.54) is 0 Å². The lowest BCUT2D eigenvalue weighted by molar-refractivity contribution is 0.179. The molecule has 96 valence electrons. The Kier molecular flexibility index (Phi) is 6.54. The van der Waals surface area contributed by atoms with Gasteiger partial charge in [-0.3, -0.25) is 4.21 Å². The van der Waals surface area contributed by atoms with Crippen LogP contribution in [0, 0.1) is 11.8 Å². The molecule has 3 unspecified atom stereocenters. The zero-order valence-electron chi connectivity index (χ0n) is 10.7. The third kappa shape index (κ3) is 4.93. The number of ether oxygens (including phenoxy) is 1. The van der Waals surface area contributed by atoms with Gasteiger partial charge >= 0.3 is 0 Å². The minimum absolute atomic E-state index is 0.368. The second-order valence-corrected chi connectivity index (χ2v) is 6.50. The summed E-state index contributed by atoms with van der Waals surface area (Å²) >= 11 is 0. The van der Waals surface area contributed by atoms with E-state index in [4.69, 9.17) is 4.74 Å². The van der Waals surface area contributed by atoms with Crippen molar-refractivity contribution in [3.05, 3.63) is 0 Å². The van der Waals surface area contributed by atoms with Gasteiger partial charge in [-0.05, 0) is 18.9 Å². The molecule has 1 rings (SSSR count). The van der Waals surface area contributed by atoms with Crippen molar-refractivity contribution in [3.8, 4) is 0 Å². The Morgan fingerprint density at radius 2 is 2.19 bits per heavy atom. The lowest BCUT2D eigenvalue weighted by Crippen LogP contribution is -2.41. The molecule has 1 saturated heterocycles. The molecular weight excluding hydrogens is 222 g/mol. The average molecular weight is 247 g/mol. The molecule has 0 aromatic rings. The van der Waals surface area contributed by atoms with E-state index in [0.29, 0.717) is 17.9 Å². The lowest BCUT2D eigenvalue weighted by atomic mass is 10.0. The van der Waals surface area contributed by atoms with Crippen LogP contribution in [0.4, 0.5) is 0 Å². The fourth-order valence-corrected chi connectivity index (χ4v) is 3.80. The van der Waals surface area contributed by atoms with Crippen LogP contribution in [0.2, 0.25) is 0 Å². The standard InChI is InChI=1S/C12H25NO2S/c1-4-13-12(11-5-6-15-7-11)9-16(14)8-10(2)3/h10-13H,4-9H2,1-3H3. The van der Waals surface area contributed by atoms with Crippen LogP contribution in [0.25, 0.3) is 0 Å². The highest BCUT2D eigenvalue weighted by atomic mass is 32.2. The Balaban J connectivity index is 2.40. The topological polar surface area (TPSA) is 38.3 Å². The summed E-state index contributed by atoms with van der Waals surface area (Å²) in [5, 5.41) is 3.46. The van der Waals surface area contributed by atoms with Gasteiger partial charge in [-0.25, -0.2) is 0 Å². The Bertz CT molecular complexity index is 215. The minimum atomic E-state index is -0.696. The molecule has 1 fully saturated rings. The summed E-state index contributed by atoms with van der Waals surface area (Å²) in [5.41, 5.74) is 0. The summed E-state index contributed by atoms with van der Waals surface area (Å²) in [6.07, 6.45) is 1.11. The van der Waals surface area contributed by atoms with Crippen LogP contribution in [-0.4, -0.2) is 41.5 Å². The molecule has 1 aliphatic heterocycles. The highest BCUT2D eigenvalue weighted by molar-refractivity contribution is 7.85. The van der Waals surface area contributed by atoms with E-state index in [1.807, 2.05) is 0 Å². The van der Waals surface area contributed by atoms with Crippen molar-refractivity contribution in [3.63, 3.8) is 0 Å². The smallest absolute Gasteiger partial charge is 0.0510 e. The quantitative estimate of drug-likeness (QED) is 0.739. The molecule has 3 atom stereocenters. The van der Waals surface area contributed by atoms with Gasteiger partial charge in [0.1, 0.15) is 0 Å². The zero-order chi connectivity index (χ0) is 12.0. The number of nitrogens with one attached hydrogen (secondary N) is 1. The van der Waals surface area contributed by atoms with E-state index < -0.39 is 10.8 Å². The van der Waals surface area contributed by atoms with Gasteiger partial charge in [0.2, 0.25) is 0 Å². The molecule has 0 amide bonds. The van der Waals surface area contributed by atoms with Gasteiger partial charge < -0.3 is 10.1 Å². The first-order valence-corrected chi connectivity index (χ1v) is 7.78. The Morgan fingerprint density at radius 1 is 1.44 bits per heavy atom. The third-order valence-electron chi connectivity index (χ3n) is 2.88. The molecule has 0 saturated carbocycles. The molecule has 0 bridgehead atoms. The minimum Gasteiger partial charge on any atom is -0.381 e. The highest BCUT2D eigenvalue weighted by Crippen LogP contribution is 2.18.